The fourth-order valence-corrected chi connectivity index (χ4v) is 5.46. The predicted octanol–water partition coefficient (Wildman–Crippen LogP) is 7.75. The lowest BCUT2D eigenvalue weighted by atomic mass is 10.0. The molecule has 5 nitrogen and oxygen atoms in total. The zero-order chi connectivity index (χ0) is 25.6. The molecule has 2 fully saturated rings. The molecule has 34 heavy (non-hydrogen) atoms. The molecular formula is C28H54O5Si. The number of allylic oxidation sites excluding steroid dienone is 1. The summed E-state index contributed by atoms with van der Waals surface area (Å²) in [5, 5.41) is 0.147. The Bertz CT molecular complexity index is 637. The fourth-order valence-electron chi connectivity index (χ4n) is 4.45. The molecule has 0 N–H and O–H groups in total. The Balaban J connectivity index is 1.98. The van der Waals surface area contributed by atoms with Gasteiger partial charge < -0.3 is 23.4 Å². The van der Waals surface area contributed by atoms with Gasteiger partial charge in [0.25, 0.3) is 0 Å². The number of hydrogen-bond acceptors (Lipinski definition) is 5. The van der Waals surface area contributed by atoms with Crippen LogP contribution >= 0.6 is 0 Å². The minimum atomic E-state index is -1.90. The van der Waals surface area contributed by atoms with E-state index in [1.807, 2.05) is 27.7 Å². The van der Waals surface area contributed by atoms with Crippen LogP contribution in [0.3, 0.4) is 0 Å². The van der Waals surface area contributed by atoms with Gasteiger partial charge in [0.2, 0.25) is 0 Å². The second-order valence-corrected chi connectivity index (χ2v) is 17.4. The molecule has 0 aromatic rings. The molecule has 0 aromatic heterocycles. The van der Waals surface area contributed by atoms with Crippen LogP contribution in [0.15, 0.2) is 12.2 Å². The summed E-state index contributed by atoms with van der Waals surface area (Å²) in [7, 11) is -1.90. The summed E-state index contributed by atoms with van der Waals surface area (Å²) >= 11 is 0. The van der Waals surface area contributed by atoms with E-state index in [0.717, 1.165) is 6.42 Å². The van der Waals surface area contributed by atoms with E-state index < -0.39 is 19.9 Å². The van der Waals surface area contributed by atoms with Crippen LogP contribution in [0.25, 0.3) is 0 Å². The van der Waals surface area contributed by atoms with Crippen LogP contribution in [0.1, 0.15) is 107 Å². The Morgan fingerprint density at radius 1 is 0.794 bits per heavy atom. The Labute approximate surface area is 211 Å². The van der Waals surface area contributed by atoms with Crippen molar-refractivity contribution in [3.05, 3.63) is 12.2 Å². The van der Waals surface area contributed by atoms with Crippen LogP contribution in [0.2, 0.25) is 18.1 Å². The molecule has 6 heteroatoms. The van der Waals surface area contributed by atoms with Gasteiger partial charge in [0.1, 0.15) is 24.4 Å². The summed E-state index contributed by atoms with van der Waals surface area (Å²) in [6, 6.07) is 0. The van der Waals surface area contributed by atoms with Crippen molar-refractivity contribution in [2.75, 3.05) is 6.61 Å². The van der Waals surface area contributed by atoms with Crippen molar-refractivity contribution in [1.29, 1.82) is 0 Å². The van der Waals surface area contributed by atoms with Gasteiger partial charge in [-0.15, -0.1) is 0 Å². The summed E-state index contributed by atoms with van der Waals surface area (Å²) < 4.78 is 31.9. The van der Waals surface area contributed by atoms with Crippen molar-refractivity contribution < 1.29 is 23.4 Å². The normalized spacial score (nSPS) is 29.4. The maximum Gasteiger partial charge on any atom is 0.192 e. The van der Waals surface area contributed by atoms with Gasteiger partial charge in [0, 0.05) is 0 Å². The number of ether oxygens (including phenoxy) is 4. The van der Waals surface area contributed by atoms with E-state index in [1.165, 1.54) is 44.9 Å². The van der Waals surface area contributed by atoms with Crippen LogP contribution < -0.4 is 0 Å². The molecule has 2 rings (SSSR count). The van der Waals surface area contributed by atoms with Crippen molar-refractivity contribution in [2.24, 2.45) is 0 Å². The monoisotopic (exact) mass is 498 g/mol. The average molecular weight is 499 g/mol. The maximum atomic E-state index is 6.53. The molecule has 0 saturated carbocycles. The first-order valence-corrected chi connectivity index (χ1v) is 16.6. The highest BCUT2D eigenvalue weighted by Crippen LogP contribution is 2.41. The molecule has 2 aliphatic rings. The Kier molecular flexibility index (Phi) is 10.9. The molecule has 0 aliphatic carbocycles. The lowest BCUT2D eigenvalue weighted by molar-refractivity contribution is -0.175. The van der Waals surface area contributed by atoms with Gasteiger partial charge in [-0.25, -0.2) is 0 Å². The van der Waals surface area contributed by atoms with Gasteiger partial charge in [-0.2, -0.15) is 0 Å². The van der Waals surface area contributed by atoms with Crippen LogP contribution in [0.4, 0.5) is 0 Å². The summed E-state index contributed by atoms with van der Waals surface area (Å²) in [5.41, 5.74) is 0. The highest BCUT2D eigenvalue weighted by atomic mass is 28.4. The third-order valence-electron chi connectivity index (χ3n) is 7.42. The van der Waals surface area contributed by atoms with Crippen molar-refractivity contribution in [3.8, 4) is 0 Å². The number of hydrogen-bond donors (Lipinski definition) is 0. The standard InChI is InChI=1S/C28H54O5Si/c1-11-12-13-14-15-16-17-18-19-20-22-24(32-27(5,6)30-22)25-23(31-28(7,8)33-25)21-29-34(9,10)26(2,3)4/h19-20,22-25H,11-18,21H2,1-10H3/b20-19-/t22-,23+,24+,25-/m0/s1. The molecular weight excluding hydrogens is 444 g/mol. The van der Waals surface area contributed by atoms with Gasteiger partial charge >= 0.3 is 0 Å². The second kappa shape index (κ2) is 12.3. The van der Waals surface area contributed by atoms with Crippen LogP contribution in [-0.4, -0.2) is 50.9 Å². The first kappa shape index (κ1) is 30.0. The van der Waals surface area contributed by atoms with Crippen molar-refractivity contribution >= 4 is 8.32 Å². The van der Waals surface area contributed by atoms with Gasteiger partial charge in [-0.1, -0.05) is 78.4 Å². The zero-order valence-corrected chi connectivity index (χ0v) is 24.9. The number of rotatable bonds is 13. The van der Waals surface area contributed by atoms with E-state index in [9.17, 15) is 0 Å². The largest absolute Gasteiger partial charge is 0.414 e. The van der Waals surface area contributed by atoms with E-state index in [2.05, 4.69) is 52.9 Å². The van der Waals surface area contributed by atoms with Crippen LogP contribution in [0, 0.1) is 0 Å². The minimum absolute atomic E-state index is 0.147. The zero-order valence-electron chi connectivity index (χ0n) is 23.9. The summed E-state index contributed by atoms with van der Waals surface area (Å²) in [5.74, 6) is -1.33. The lowest BCUT2D eigenvalue weighted by Crippen LogP contribution is -2.47. The SMILES string of the molecule is CCCCCCCCC/C=C\[C@@H]1OC(C)(C)O[C@H]1[C@H]1OC(C)(C)O[C@@H]1CO[Si](C)(C)C(C)(C)C. The Morgan fingerprint density at radius 3 is 1.97 bits per heavy atom. The van der Waals surface area contributed by atoms with E-state index in [4.69, 9.17) is 23.4 Å². The quantitative estimate of drug-likeness (QED) is 0.148. The van der Waals surface area contributed by atoms with Crippen LogP contribution in [0.5, 0.6) is 0 Å². The average Bonchev–Trinajstić information content (AvgIpc) is 3.18. The highest BCUT2D eigenvalue weighted by molar-refractivity contribution is 6.74. The fraction of sp³-hybridized carbons (Fsp3) is 0.929. The maximum absolute atomic E-state index is 6.53. The molecule has 4 atom stereocenters. The van der Waals surface area contributed by atoms with E-state index in [-0.39, 0.29) is 29.5 Å². The third kappa shape index (κ3) is 9.01. The molecule has 0 bridgehead atoms. The molecule has 0 unspecified atom stereocenters. The molecule has 0 radical (unpaired) electrons. The van der Waals surface area contributed by atoms with Crippen LogP contribution in [-0.2, 0) is 23.4 Å². The predicted molar refractivity (Wildman–Crippen MR) is 143 cm³/mol. The first-order valence-electron chi connectivity index (χ1n) is 13.7. The molecule has 2 saturated heterocycles. The number of unbranched alkanes of at least 4 members (excludes halogenated alkanes) is 7. The van der Waals surface area contributed by atoms with Gasteiger partial charge in [0.05, 0.1) is 6.61 Å². The molecule has 0 amide bonds. The molecule has 2 aliphatic heterocycles. The van der Waals surface area contributed by atoms with Crippen molar-refractivity contribution in [3.63, 3.8) is 0 Å². The molecule has 200 valence electrons. The topological polar surface area (TPSA) is 46.2 Å². The third-order valence-corrected chi connectivity index (χ3v) is 11.9. The minimum Gasteiger partial charge on any atom is -0.414 e. The van der Waals surface area contributed by atoms with E-state index in [1.54, 1.807) is 0 Å². The van der Waals surface area contributed by atoms with E-state index in [0.29, 0.717) is 6.61 Å². The first-order chi connectivity index (χ1) is 15.7. The molecule has 2 heterocycles. The molecule has 0 aromatic carbocycles. The summed E-state index contributed by atoms with van der Waals surface area (Å²) in [6.45, 7) is 22.0. The Hall–Kier alpha value is -0.243. The van der Waals surface area contributed by atoms with Gasteiger partial charge in [-0.3, -0.25) is 0 Å². The second-order valence-electron chi connectivity index (χ2n) is 12.6. The summed E-state index contributed by atoms with van der Waals surface area (Å²) in [4.78, 5) is 0. The lowest BCUT2D eigenvalue weighted by Gasteiger charge is -2.37. The van der Waals surface area contributed by atoms with E-state index >= 15 is 0 Å². The summed E-state index contributed by atoms with van der Waals surface area (Å²) in [6.07, 6.45) is 14.0. The van der Waals surface area contributed by atoms with Crippen molar-refractivity contribution in [2.45, 2.75) is 161 Å². The Morgan fingerprint density at radius 2 is 1.35 bits per heavy atom. The molecule has 0 spiro atoms. The van der Waals surface area contributed by atoms with Gasteiger partial charge in [0.15, 0.2) is 19.9 Å². The smallest absolute Gasteiger partial charge is 0.192 e. The van der Waals surface area contributed by atoms with Gasteiger partial charge in [-0.05, 0) is 58.7 Å². The van der Waals surface area contributed by atoms with Crippen molar-refractivity contribution in [1.82, 2.24) is 0 Å². The highest BCUT2D eigenvalue weighted by Gasteiger charge is 2.53.